The van der Waals surface area contributed by atoms with Crippen LogP contribution in [0.5, 0.6) is 0 Å². The molecule has 1 saturated carbocycles. The second kappa shape index (κ2) is 6.46. The van der Waals surface area contributed by atoms with Gasteiger partial charge in [0.25, 0.3) is 10.0 Å². The van der Waals surface area contributed by atoms with E-state index < -0.39 is 15.6 Å². The van der Waals surface area contributed by atoms with E-state index in [1.54, 1.807) is 4.31 Å². The molecule has 1 aliphatic rings. The summed E-state index contributed by atoms with van der Waals surface area (Å²) in [7, 11) is -3.57. The van der Waals surface area contributed by atoms with E-state index in [1.807, 2.05) is 6.92 Å². The van der Waals surface area contributed by atoms with Gasteiger partial charge in [0.2, 0.25) is 0 Å². The third-order valence-corrected chi connectivity index (χ3v) is 6.52. The van der Waals surface area contributed by atoms with Crippen LogP contribution >= 0.6 is 0 Å². The number of sulfonamides is 1. The van der Waals surface area contributed by atoms with Gasteiger partial charge < -0.3 is 5.73 Å². The van der Waals surface area contributed by atoms with E-state index >= 15 is 0 Å². The Bertz CT molecular complexity index is 533. The molecule has 0 amide bonds. The van der Waals surface area contributed by atoms with Gasteiger partial charge in [-0.2, -0.15) is 9.40 Å². The molecule has 1 aromatic rings. The predicted molar refractivity (Wildman–Crippen MR) is 82.2 cm³/mol. The summed E-state index contributed by atoms with van der Waals surface area (Å²) in [4.78, 5) is 0. The lowest BCUT2D eigenvalue weighted by molar-refractivity contribution is 0.115. The Morgan fingerprint density at radius 1 is 1.48 bits per heavy atom. The lowest BCUT2D eigenvalue weighted by atomic mass is 9.77. The zero-order valence-corrected chi connectivity index (χ0v) is 13.7. The first kappa shape index (κ1) is 16.5. The Labute approximate surface area is 127 Å². The standard InChI is InChI=1S/C14H26N4O2S/c1-3-10-18(21(19,20)13-6-9-16-17-13)14(11-15)7-4-12(2)5-8-14/h6,9,12H,3-5,7-8,10-11,15H2,1-2H3,(H,16,17). The monoisotopic (exact) mass is 314 g/mol. The van der Waals surface area contributed by atoms with E-state index in [-0.39, 0.29) is 5.03 Å². The fourth-order valence-corrected chi connectivity index (χ4v) is 5.00. The van der Waals surface area contributed by atoms with Crippen LogP contribution < -0.4 is 5.73 Å². The van der Waals surface area contributed by atoms with Crippen LogP contribution in [0.25, 0.3) is 0 Å². The van der Waals surface area contributed by atoms with Crippen molar-refractivity contribution < 1.29 is 8.42 Å². The molecule has 6 nitrogen and oxygen atoms in total. The molecule has 0 bridgehead atoms. The van der Waals surface area contributed by atoms with E-state index in [1.165, 1.54) is 12.3 Å². The van der Waals surface area contributed by atoms with Crippen molar-refractivity contribution in [1.29, 1.82) is 0 Å². The quantitative estimate of drug-likeness (QED) is 0.836. The summed E-state index contributed by atoms with van der Waals surface area (Å²) in [6.07, 6.45) is 5.95. The van der Waals surface area contributed by atoms with Gasteiger partial charge in [-0.05, 0) is 44.1 Å². The van der Waals surface area contributed by atoms with Crippen molar-refractivity contribution in [2.24, 2.45) is 11.7 Å². The molecule has 0 aliphatic heterocycles. The minimum Gasteiger partial charge on any atom is -0.329 e. The molecular weight excluding hydrogens is 288 g/mol. The van der Waals surface area contributed by atoms with Gasteiger partial charge in [0, 0.05) is 18.6 Å². The van der Waals surface area contributed by atoms with Gasteiger partial charge in [-0.15, -0.1) is 0 Å². The maximum Gasteiger partial charge on any atom is 0.260 e. The summed E-state index contributed by atoms with van der Waals surface area (Å²) >= 11 is 0. The summed E-state index contributed by atoms with van der Waals surface area (Å²) in [5.41, 5.74) is 5.58. The minimum absolute atomic E-state index is 0.155. The van der Waals surface area contributed by atoms with Gasteiger partial charge in [0.05, 0.1) is 6.20 Å². The van der Waals surface area contributed by atoms with Crippen LogP contribution in [0.3, 0.4) is 0 Å². The summed E-state index contributed by atoms with van der Waals surface area (Å²) in [5, 5.41) is 6.51. The Morgan fingerprint density at radius 3 is 2.62 bits per heavy atom. The number of hydrogen-bond donors (Lipinski definition) is 2. The molecule has 0 atom stereocenters. The number of H-pyrrole nitrogens is 1. The van der Waals surface area contributed by atoms with E-state index in [0.29, 0.717) is 19.0 Å². The Hall–Kier alpha value is -0.920. The summed E-state index contributed by atoms with van der Waals surface area (Å²) < 4.78 is 27.5. The van der Waals surface area contributed by atoms with Crippen LogP contribution in [-0.2, 0) is 10.0 Å². The van der Waals surface area contributed by atoms with Gasteiger partial charge in [-0.25, -0.2) is 8.42 Å². The number of nitrogens with two attached hydrogens (primary N) is 1. The molecular formula is C14H26N4O2S. The fourth-order valence-electron chi connectivity index (χ4n) is 3.18. The molecule has 0 saturated heterocycles. The molecule has 1 fully saturated rings. The van der Waals surface area contributed by atoms with Gasteiger partial charge in [0.15, 0.2) is 5.03 Å². The van der Waals surface area contributed by atoms with Crippen molar-refractivity contribution >= 4 is 10.0 Å². The SMILES string of the molecule is CCCN(C1(CN)CCC(C)CC1)S(=O)(=O)c1ccn[nH]1. The zero-order valence-electron chi connectivity index (χ0n) is 12.9. The van der Waals surface area contributed by atoms with Crippen LogP contribution in [0.2, 0.25) is 0 Å². The maximum atomic E-state index is 12.9. The molecule has 0 aromatic carbocycles. The molecule has 1 aliphatic carbocycles. The van der Waals surface area contributed by atoms with Gasteiger partial charge in [-0.1, -0.05) is 13.8 Å². The fraction of sp³-hybridized carbons (Fsp3) is 0.786. The molecule has 2 rings (SSSR count). The summed E-state index contributed by atoms with van der Waals surface area (Å²) in [6.45, 7) is 5.07. The predicted octanol–water partition coefficient (Wildman–Crippen LogP) is 1.72. The third-order valence-electron chi connectivity index (χ3n) is 4.58. The second-order valence-electron chi connectivity index (χ2n) is 6.11. The smallest absolute Gasteiger partial charge is 0.260 e. The molecule has 1 aromatic heterocycles. The van der Waals surface area contributed by atoms with Crippen LogP contribution in [0, 0.1) is 5.92 Å². The van der Waals surface area contributed by atoms with Crippen LogP contribution in [0.1, 0.15) is 46.0 Å². The van der Waals surface area contributed by atoms with Crippen molar-refractivity contribution in [2.75, 3.05) is 13.1 Å². The number of aromatic amines is 1. The number of nitrogens with zero attached hydrogens (tertiary/aromatic N) is 2. The van der Waals surface area contributed by atoms with Gasteiger partial charge in [0.1, 0.15) is 0 Å². The van der Waals surface area contributed by atoms with Crippen LogP contribution in [0.4, 0.5) is 0 Å². The Balaban J connectivity index is 2.37. The molecule has 3 N–H and O–H groups in total. The summed E-state index contributed by atoms with van der Waals surface area (Å²) in [6, 6.07) is 1.51. The second-order valence-corrected chi connectivity index (χ2v) is 7.94. The van der Waals surface area contributed by atoms with Crippen molar-refractivity contribution in [2.45, 2.75) is 56.5 Å². The highest BCUT2D eigenvalue weighted by molar-refractivity contribution is 7.89. The molecule has 7 heteroatoms. The zero-order chi connectivity index (χ0) is 15.5. The lowest BCUT2D eigenvalue weighted by Gasteiger charge is -2.46. The highest BCUT2D eigenvalue weighted by Gasteiger charge is 2.44. The average molecular weight is 314 g/mol. The maximum absolute atomic E-state index is 12.9. The highest BCUT2D eigenvalue weighted by atomic mass is 32.2. The minimum atomic E-state index is -3.57. The molecule has 120 valence electrons. The first-order valence-electron chi connectivity index (χ1n) is 7.68. The molecule has 0 radical (unpaired) electrons. The van der Waals surface area contributed by atoms with Crippen molar-refractivity contribution in [3.63, 3.8) is 0 Å². The van der Waals surface area contributed by atoms with Gasteiger partial charge >= 0.3 is 0 Å². The third kappa shape index (κ3) is 3.14. The van der Waals surface area contributed by atoms with Crippen molar-refractivity contribution in [3.8, 4) is 0 Å². The van der Waals surface area contributed by atoms with E-state index in [2.05, 4.69) is 17.1 Å². The molecule has 21 heavy (non-hydrogen) atoms. The first-order valence-corrected chi connectivity index (χ1v) is 9.12. The number of nitrogens with one attached hydrogen (secondary N) is 1. The van der Waals surface area contributed by atoms with Crippen molar-refractivity contribution in [3.05, 3.63) is 12.3 Å². The van der Waals surface area contributed by atoms with Crippen LogP contribution in [-0.4, -0.2) is 41.5 Å². The number of hydrogen-bond acceptors (Lipinski definition) is 4. The Morgan fingerprint density at radius 2 is 2.14 bits per heavy atom. The van der Waals surface area contributed by atoms with Gasteiger partial charge in [-0.3, -0.25) is 5.10 Å². The largest absolute Gasteiger partial charge is 0.329 e. The number of rotatable bonds is 6. The molecule has 1 heterocycles. The first-order chi connectivity index (χ1) is 9.96. The average Bonchev–Trinajstić information content (AvgIpc) is 3.01. The Kier molecular flexibility index (Phi) is 5.06. The van der Waals surface area contributed by atoms with E-state index in [4.69, 9.17) is 5.73 Å². The summed E-state index contributed by atoms with van der Waals surface area (Å²) in [5.74, 6) is 0.642. The molecule has 0 spiro atoms. The number of aromatic nitrogens is 2. The highest BCUT2D eigenvalue weighted by Crippen LogP contribution is 2.38. The van der Waals surface area contributed by atoms with E-state index in [0.717, 1.165) is 32.1 Å². The molecule has 0 unspecified atom stereocenters. The van der Waals surface area contributed by atoms with Crippen molar-refractivity contribution in [1.82, 2.24) is 14.5 Å². The topological polar surface area (TPSA) is 92.1 Å². The van der Waals surface area contributed by atoms with Crippen LogP contribution in [0.15, 0.2) is 17.3 Å². The normalized spacial score (nSPS) is 27.1. The van der Waals surface area contributed by atoms with E-state index in [9.17, 15) is 8.42 Å². The lowest BCUT2D eigenvalue weighted by Crippen LogP contribution is -2.58.